The van der Waals surface area contributed by atoms with E-state index in [1.54, 1.807) is 0 Å². The zero-order valence-electron chi connectivity index (χ0n) is 25.8. The third-order valence-corrected chi connectivity index (χ3v) is 9.32. The molecule has 44 heavy (non-hydrogen) atoms. The van der Waals surface area contributed by atoms with Crippen LogP contribution in [0.25, 0.3) is 22.5 Å². The number of likely N-dealkylation sites (tertiary alicyclic amines) is 1. The Morgan fingerprint density at radius 1 is 0.682 bits per heavy atom. The first-order valence-electron chi connectivity index (χ1n) is 14.0. The predicted octanol–water partition coefficient (Wildman–Crippen LogP) is 10.1. The van der Waals surface area contributed by atoms with Gasteiger partial charge in [0.25, 0.3) is 0 Å². The monoisotopic (exact) mass is 716 g/mol. The quantitative estimate of drug-likeness (QED) is 0.190. The summed E-state index contributed by atoms with van der Waals surface area (Å²) in [5.74, 6) is 0. The average molecular weight is 719 g/mol. The van der Waals surface area contributed by atoms with Gasteiger partial charge >= 0.3 is 0 Å². The molecule has 1 aliphatic heterocycles. The van der Waals surface area contributed by atoms with Crippen molar-refractivity contribution in [1.29, 1.82) is 0 Å². The van der Waals surface area contributed by atoms with Crippen molar-refractivity contribution in [1.82, 2.24) is 19.8 Å². The second-order valence-electron chi connectivity index (χ2n) is 11.4. The van der Waals surface area contributed by atoms with Crippen LogP contribution in [0.5, 0.6) is 0 Å². The maximum Gasteiger partial charge on any atom is 0.0705 e. The molecule has 4 aromatic rings. The summed E-state index contributed by atoms with van der Waals surface area (Å²) in [7, 11) is 2.25. The Balaban J connectivity index is 0.00000242. The van der Waals surface area contributed by atoms with E-state index >= 15 is 0 Å². The van der Waals surface area contributed by atoms with Gasteiger partial charge in [-0.25, -0.2) is 0 Å². The number of nitrogens with zero attached hydrogens (tertiary/aromatic N) is 4. The first-order chi connectivity index (χ1) is 19.2. The molecule has 4 nitrogen and oxygen atoms in total. The molecule has 5 rings (SSSR count). The third-order valence-electron chi connectivity index (χ3n) is 8.13. The van der Waals surface area contributed by atoms with Crippen LogP contribution >= 0.6 is 72.8 Å². The number of aryl methyl sites for hydroxylation is 4. The molecule has 1 aliphatic rings. The number of benzene rings is 2. The van der Waals surface area contributed by atoms with Gasteiger partial charge in [-0.2, -0.15) is 0 Å². The van der Waals surface area contributed by atoms with E-state index < -0.39 is 0 Å². The lowest BCUT2D eigenvalue weighted by molar-refractivity contribution is 0.119. The molecule has 240 valence electrons. The lowest BCUT2D eigenvalue weighted by atomic mass is 10.0. The van der Waals surface area contributed by atoms with Crippen LogP contribution < -0.4 is 0 Å². The van der Waals surface area contributed by atoms with Crippen LogP contribution in [0.4, 0.5) is 0 Å². The largest absolute Gasteiger partial charge is 0.299 e. The molecule has 10 heteroatoms. The normalized spacial score (nSPS) is 13.4. The van der Waals surface area contributed by atoms with Crippen molar-refractivity contribution in [2.75, 3.05) is 20.1 Å². The van der Waals surface area contributed by atoms with Crippen LogP contribution in [-0.2, 0) is 13.1 Å². The number of hydrogen-bond acceptors (Lipinski definition) is 4. The van der Waals surface area contributed by atoms with Crippen molar-refractivity contribution in [3.8, 4) is 22.5 Å². The maximum absolute atomic E-state index is 6.39. The number of rotatable bonds is 7. The highest BCUT2D eigenvalue weighted by atomic mass is 35.5. The predicted molar refractivity (Wildman–Crippen MR) is 197 cm³/mol. The molecule has 0 saturated carbocycles. The third kappa shape index (κ3) is 9.70. The van der Waals surface area contributed by atoms with Crippen LogP contribution in [0, 0.1) is 27.7 Å². The van der Waals surface area contributed by atoms with E-state index in [0.717, 1.165) is 93.8 Å². The Morgan fingerprint density at radius 3 is 1.55 bits per heavy atom. The second kappa shape index (κ2) is 17.9. The molecule has 0 radical (unpaired) electrons. The van der Waals surface area contributed by atoms with Gasteiger partial charge in [0.05, 0.1) is 11.4 Å². The van der Waals surface area contributed by atoms with E-state index in [2.05, 4.69) is 103 Å². The first-order valence-corrected chi connectivity index (χ1v) is 14.8. The molecule has 3 heterocycles. The summed E-state index contributed by atoms with van der Waals surface area (Å²) in [5, 5.41) is 1.67. The number of aromatic nitrogens is 2. The van der Waals surface area contributed by atoms with Crippen molar-refractivity contribution in [2.45, 2.75) is 59.7 Å². The van der Waals surface area contributed by atoms with Gasteiger partial charge in [0.15, 0.2) is 0 Å². The van der Waals surface area contributed by atoms with Crippen molar-refractivity contribution in [3.63, 3.8) is 0 Å². The van der Waals surface area contributed by atoms with E-state index in [9.17, 15) is 0 Å². The van der Waals surface area contributed by atoms with Gasteiger partial charge in [-0.3, -0.25) is 19.8 Å². The van der Waals surface area contributed by atoms with Gasteiger partial charge in [-0.05, 0) is 143 Å². The van der Waals surface area contributed by atoms with Gasteiger partial charge in [-0.1, -0.05) is 23.2 Å². The van der Waals surface area contributed by atoms with Crippen molar-refractivity contribution in [2.24, 2.45) is 0 Å². The summed E-state index contributed by atoms with van der Waals surface area (Å²) >= 11 is 12.8. The highest BCUT2D eigenvalue weighted by Gasteiger charge is 2.23. The molecule has 0 amide bonds. The minimum atomic E-state index is 0. The minimum Gasteiger partial charge on any atom is -0.299 e. The fourth-order valence-electron chi connectivity index (χ4n) is 5.84. The SMILES string of the molecule is Cc1cc(-c2cc(CN3CCC(N(C)Cc4ccnc(-c5cc(C)c(Cl)c(C)c5)c4)CC3)ccn2)cc(C)c1Cl.Cl.Cl.Cl.Cl. The Hall–Kier alpha value is -1.60. The van der Waals surface area contributed by atoms with Crippen LogP contribution in [0.1, 0.15) is 46.2 Å². The molecular formula is C34H42Cl6N4. The van der Waals surface area contributed by atoms with E-state index in [0.29, 0.717) is 6.04 Å². The molecule has 2 aromatic heterocycles. The molecule has 0 spiro atoms. The lowest BCUT2D eigenvalue weighted by Crippen LogP contribution is -2.42. The lowest BCUT2D eigenvalue weighted by Gasteiger charge is -2.37. The van der Waals surface area contributed by atoms with Crippen LogP contribution in [0.3, 0.4) is 0 Å². The van der Waals surface area contributed by atoms with E-state index in [-0.39, 0.29) is 49.6 Å². The zero-order valence-corrected chi connectivity index (χ0v) is 30.5. The summed E-state index contributed by atoms with van der Waals surface area (Å²) in [6.07, 6.45) is 6.19. The summed E-state index contributed by atoms with van der Waals surface area (Å²) in [4.78, 5) is 14.4. The fraction of sp³-hybridized carbons (Fsp3) is 0.353. The summed E-state index contributed by atoms with van der Waals surface area (Å²) in [6, 6.07) is 17.8. The Morgan fingerprint density at radius 2 is 1.09 bits per heavy atom. The molecule has 0 unspecified atom stereocenters. The van der Waals surface area contributed by atoms with E-state index in [4.69, 9.17) is 23.2 Å². The van der Waals surface area contributed by atoms with Gasteiger partial charge in [-0.15, -0.1) is 49.6 Å². The average Bonchev–Trinajstić information content (AvgIpc) is 2.94. The topological polar surface area (TPSA) is 32.3 Å². The highest BCUT2D eigenvalue weighted by molar-refractivity contribution is 6.32. The standard InChI is InChI=1S/C34H38Cl2N4.4ClH/c1-22-14-28(15-23(2)33(22)35)31-18-26(6-10-37-31)20-39(5)30-8-12-40(13-9-30)21-27-7-11-38-32(19-27)29-16-24(3)34(36)25(4)17-29;;;;/h6-7,10-11,14-19,30H,8-9,12-13,20-21H2,1-5H3;4*1H. The second-order valence-corrected chi connectivity index (χ2v) is 12.1. The van der Waals surface area contributed by atoms with Crippen molar-refractivity contribution >= 4 is 72.8 Å². The van der Waals surface area contributed by atoms with E-state index in [1.165, 1.54) is 11.1 Å². The van der Waals surface area contributed by atoms with Gasteiger partial charge in [0, 0.05) is 52.7 Å². The molecule has 0 aliphatic carbocycles. The number of piperidine rings is 1. The molecule has 1 fully saturated rings. The van der Waals surface area contributed by atoms with Crippen LogP contribution in [0.15, 0.2) is 60.9 Å². The van der Waals surface area contributed by atoms with Gasteiger partial charge < -0.3 is 0 Å². The Bertz CT molecular complexity index is 1480. The summed E-state index contributed by atoms with van der Waals surface area (Å²) in [5.41, 5.74) is 11.2. The Labute approximate surface area is 297 Å². The number of hydrogen-bond donors (Lipinski definition) is 0. The molecule has 0 atom stereocenters. The van der Waals surface area contributed by atoms with Gasteiger partial charge in [0.1, 0.15) is 0 Å². The number of halogens is 6. The molecule has 1 saturated heterocycles. The molecular weight excluding hydrogens is 677 g/mol. The minimum absolute atomic E-state index is 0. The molecule has 2 aromatic carbocycles. The number of pyridine rings is 2. The van der Waals surface area contributed by atoms with Crippen LogP contribution in [0.2, 0.25) is 10.0 Å². The Kier molecular flexibility index (Phi) is 16.5. The van der Waals surface area contributed by atoms with Crippen molar-refractivity contribution < 1.29 is 0 Å². The maximum atomic E-state index is 6.39. The first kappa shape index (κ1) is 40.4. The fourth-order valence-corrected chi connectivity index (χ4v) is 6.06. The smallest absolute Gasteiger partial charge is 0.0705 e. The van der Waals surface area contributed by atoms with Gasteiger partial charge in [0.2, 0.25) is 0 Å². The highest BCUT2D eigenvalue weighted by Crippen LogP contribution is 2.29. The summed E-state index contributed by atoms with van der Waals surface area (Å²) < 4.78 is 0. The van der Waals surface area contributed by atoms with Crippen LogP contribution in [-0.4, -0.2) is 45.9 Å². The van der Waals surface area contributed by atoms with E-state index in [1.807, 2.05) is 12.4 Å². The molecule has 0 N–H and O–H groups in total. The summed E-state index contributed by atoms with van der Waals surface area (Å²) in [6.45, 7) is 12.3. The zero-order chi connectivity index (χ0) is 28.4. The molecule has 0 bridgehead atoms. The van der Waals surface area contributed by atoms with Crippen molar-refractivity contribution in [3.05, 3.63) is 104 Å².